The molecule has 1 aliphatic carbocycles. The van der Waals surface area contributed by atoms with Crippen molar-refractivity contribution in [2.24, 2.45) is 0 Å². The van der Waals surface area contributed by atoms with Crippen molar-refractivity contribution in [2.45, 2.75) is 69.5 Å². The lowest BCUT2D eigenvalue weighted by Crippen LogP contribution is -2.36. The first-order valence-corrected chi connectivity index (χ1v) is 15.7. The molecule has 0 spiro atoms. The summed E-state index contributed by atoms with van der Waals surface area (Å²) < 4.78 is 30.0. The molecule has 3 aromatic heterocycles. The summed E-state index contributed by atoms with van der Waals surface area (Å²) in [4.78, 5) is 34.2. The molecule has 0 saturated heterocycles. The Bertz CT molecular complexity index is 1870. The van der Waals surface area contributed by atoms with E-state index in [9.17, 15) is 18.5 Å². The zero-order valence-corrected chi connectivity index (χ0v) is 25.7. The highest BCUT2D eigenvalue weighted by Gasteiger charge is 2.24. The van der Waals surface area contributed by atoms with Crippen LogP contribution in [0.5, 0.6) is 0 Å². The second-order valence-electron chi connectivity index (χ2n) is 11.3. The van der Waals surface area contributed by atoms with Crippen molar-refractivity contribution in [3.05, 3.63) is 64.2 Å². The topological polar surface area (TPSA) is 159 Å². The van der Waals surface area contributed by atoms with E-state index in [1.165, 1.54) is 18.2 Å². The number of nitrogens with one attached hydrogen (secondary N) is 2. The Balaban J connectivity index is 1.45. The van der Waals surface area contributed by atoms with E-state index in [0.717, 1.165) is 25.7 Å². The third-order valence-corrected chi connectivity index (χ3v) is 9.20. The molecule has 0 atom stereocenters. The Labute approximate surface area is 250 Å². The molecule has 43 heavy (non-hydrogen) atoms. The number of pyridine rings is 1. The van der Waals surface area contributed by atoms with E-state index in [4.69, 9.17) is 4.98 Å². The summed E-state index contributed by atoms with van der Waals surface area (Å²) in [6.45, 7) is 5.49. The molecule has 0 radical (unpaired) electrons. The van der Waals surface area contributed by atoms with Crippen LogP contribution in [-0.4, -0.2) is 64.0 Å². The Hall–Kier alpha value is -4.41. The number of hydrogen-bond acceptors (Lipinski definition) is 10. The van der Waals surface area contributed by atoms with Crippen LogP contribution in [0.4, 0.5) is 11.8 Å². The van der Waals surface area contributed by atoms with Gasteiger partial charge >= 0.3 is 0 Å². The largest absolute Gasteiger partial charge is 0.351 e. The Morgan fingerprint density at radius 1 is 1.05 bits per heavy atom. The average molecular weight is 602 g/mol. The van der Waals surface area contributed by atoms with E-state index >= 15 is 0 Å². The van der Waals surface area contributed by atoms with Gasteiger partial charge in [-0.05, 0) is 84.8 Å². The second-order valence-corrected chi connectivity index (χ2v) is 12.9. The second kappa shape index (κ2) is 12.1. The number of anilines is 2. The van der Waals surface area contributed by atoms with Crippen LogP contribution in [-0.2, 0) is 10.0 Å². The third kappa shape index (κ3) is 6.21. The molecular weight excluding hydrogens is 566 g/mol. The molecule has 1 aliphatic rings. The summed E-state index contributed by atoms with van der Waals surface area (Å²) in [5.74, 6) is 0.522. The van der Waals surface area contributed by atoms with Gasteiger partial charge in [-0.2, -0.15) is 10.2 Å². The van der Waals surface area contributed by atoms with Crippen molar-refractivity contribution >= 4 is 33.0 Å². The fourth-order valence-electron chi connectivity index (χ4n) is 5.50. The molecule has 1 fully saturated rings. The molecule has 0 unspecified atom stereocenters. The Morgan fingerprint density at radius 2 is 1.77 bits per heavy atom. The van der Waals surface area contributed by atoms with Gasteiger partial charge in [-0.15, -0.1) is 0 Å². The Kier molecular flexibility index (Phi) is 8.43. The van der Waals surface area contributed by atoms with Crippen LogP contribution in [0.2, 0.25) is 0 Å². The van der Waals surface area contributed by atoms with Crippen LogP contribution in [0.1, 0.15) is 56.8 Å². The van der Waals surface area contributed by atoms with E-state index in [-0.39, 0.29) is 39.6 Å². The van der Waals surface area contributed by atoms with Crippen LogP contribution in [0.3, 0.4) is 0 Å². The number of aryl methyl sites for hydroxylation is 1. The molecular formula is C30H35N9O3S. The number of rotatable bonds is 8. The van der Waals surface area contributed by atoms with Crippen LogP contribution >= 0.6 is 0 Å². The van der Waals surface area contributed by atoms with Crippen molar-refractivity contribution in [3.8, 4) is 17.3 Å². The lowest BCUT2D eigenvalue weighted by atomic mass is 9.91. The van der Waals surface area contributed by atoms with Crippen LogP contribution in [0.25, 0.3) is 22.4 Å². The van der Waals surface area contributed by atoms with Gasteiger partial charge in [0, 0.05) is 29.4 Å². The number of benzene rings is 1. The van der Waals surface area contributed by atoms with Crippen molar-refractivity contribution in [1.82, 2.24) is 29.4 Å². The van der Waals surface area contributed by atoms with Crippen LogP contribution < -0.4 is 15.6 Å². The zero-order valence-electron chi connectivity index (χ0n) is 24.9. The quantitative estimate of drug-likeness (QED) is 0.301. The summed E-state index contributed by atoms with van der Waals surface area (Å²) >= 11 is 0. The monoisotopic (exact) mass is 601 g/mol. The summed E-state index contributed by atoms with van der Waals surface area (Å²) in [7, 11) is 0.160. The maximum atomic E-state index is 13.8. The normalized spacial score (nSPS) is 17.3. The van der Waals surface area contributed by atoms with E-state index in [1.54, 1.807) is 35.9 Å². The number of fused-ring (bicyclic) bond motifs is 1. The number of aromatic nitrogens is 5. The molecule has 224 valence electrons. The molecule has 4 aromatic rings. The maximum Gasteiger partial charge on any atom is 0.279 e. The molecule has 0 bridgehead atoms. The van der Waals surface area contributed by atoms with Gasteiger partial charge in [0.25, 0.3) is 15.6 Å². The van der Waals surface area contributed by atoms with Crippen molar-refractivity contribution in [2.75, 3.05) is 24.1 Å². The van der Waals surface area contributed by atoms with Crippen molar-refractivity contribution in [3.63, 3.8) is 0 Å². The van der Waals surface area contributed by atoms with E-state index in [0.29, 0.717) is 34.4 Å². The van der Waals surface area contributed by atoms with Gasteiger partial charge in [-0.25, -0.2) is 23.4 Å². The lowest BCUT2D eigenvalue weighted by molar-refractivity contribution is 0.221. The van der Waals surface area contributed by atoms with E-state index in [1.807, 2.05) is 19.9 Å². The summed E-state index contributed by atoms with van der Waals surface area (Å²) in [5.41, 5.74) is 1.62. The van der Waals surface area contributed by atoms with Gasteiger partial charge in [0.1, 0.15) is 28.0 Å². The van der Waals surface area contributed by atoms with Gasteiger partial charge in [0.2, 0.25) is 5.95 Å². The van der Waals surface area contributed by atoms with E-state index < -0.39 is 10.0 Å². The van der Waals surface area contributed by atoms with Crippen molar-refractivity contribution in [1.29, 1.82) is 5.26 Å². The van der Waals surface area contributed by atoms with Gasteiger partial charge in [-0.3, -0.25) is 14.1 Å². The molecule has 1 saturated carbocycles. The highest BCUT2D eigenvalue weighted by molar-refractivity contribution is 7.92. The fourth-order valence-corrected chi connectivity index (χ4v) is 6.66. The smallest absolute Gasteiger partial charge is 0.279 e. The average Bonchev–Trinajstić information content (AvgIpc) is 2.97. The van der Waals surface area contributed by atoms with Gasteiger partial charge < -0.3 is 10.2 Å². The van der Waals surface area contributed by atoms with Gasteiger partial charge in [0.05, 0.1) is 11.8 Å². The molecule has 12 nitrogen and oxygen atoms in total. The predicted octanol–water partition coefficient (Wildman–Crippen LogP) is 4.10. The number of sulfonamides is 1. The fraction of sp³-hybridized carbons (Fsp3) is 0.400. The minimum atomic E-state index is -4.07. The maximum absolute atomic E-state index is 13.8. The summed E-state index contributed by atoms with van der Waals surface area (Å²) in [6.07, 6.45) is 5.85. The first-order valence-electron chi connectivity index (χ1n) is 14.2. The molecule has 13 heteroatoms. The first kappa shape index (κ1) is 30.1. The zero-order chi connectivity index (χ0) is 30.9. The lowest BCUT2D eigenvalue weighted by Gasteiger charge is -2.32. The standard InChI is InChI=1S/C30H35N9O3S/c1-18(2)39-28-24(17-32-30(36-28)34-21-10-12-22(13-11-21)38(4)5)35-27(29(39)40)23-14-15-26(33-19(23)3)37-43(41,42)25-9-7-6-8-20(25)16-31/h6-9,14-15,17-18,21-22H,10-13H2,1-5H3,(H,33,37)(H,32,34,36)/t21-,22-. The Morgan fingerprint density at radius 3 is 2.42 bits per heavy atom. The molecule has 3 heterocycles. The SMILES string of the molecule is Cc1nc(NS(=O)(=O)c2ccccc2C#N)ccc1-c1nc2cnc(N[C@H]3CC[C@H](N(C)C)CC3)nc2n(C(C)C)c1=O. The minimum Gasteiger partial charge on any atom is -0.351 e. The number of nitriles is 1. The molecule has 1 aromatic carbocycles. The van der Waals surface area contributed by atoms with Crippen LogP contribution in [0, 0.1) is 18.3 Å². The highest BCUT2D eigenvalue weighted by atomic mass is 32.2. The summed E-state index contributed by atoms with van der Waals surface area (Å²) in [6, 6.07) is 11.5. The van der Waals surface area contributed by atoms with Gasteiger partial charge in [0.15, 0.2) is 5.65 Å². The predicted molar refractivity (Wildman–Crippen MR) is 165 cm³/mol. The number of hydrogen-bond donors (Lipinski definition) is 2. The number of nitrogens with zero attached hydrogens (tertiary/aromatic N) is 7. The van der Waals surface area contributed by atoms with Crippen molar-refractivity contribution < 1.29 is 8.42 Å². The highest BCUT2D eigenvalue weighted by Crippen LogP contribution is 2.26. The van der Waals surface area contributed by atoms with Crippen LogP contribution in [0.15, 0.2) is 52.3 Å². The molecule has 0 amide bonds. The van der Waals surface area contributed by atoms with E-state index in [2.05, 4.69) is 44.0 Å². The summed E-state index contributed by atoms with van der Waals surface area (Å²) in [5, 5.41) is 12.8. The molecule has 5 rings (SSSR count). The molecule has 0 aliphatic heterocycles. The third-order valence-electron chi connectivity index (χ3n) is 7.79. The van der Waals surface area contributed by atoms with Gasteiger partial charge in [-0.1, -0.05) is 12.1 Å². The molecule has 2 N–H and O–H groups in total. The first-order chi connectivity index (χ1) is 20.5. The minimum absolute atomic E-state index is 0.0234.